The lowest BCUT2D eigenvalue weighted by molar-refractivity contribution is -0.380. The summed E-state index contributed by atoms with van der Waals surface area (Å²) in [6.07, 6.45) is 0. The van der Waals surface area contributed by atoms with Crippen molar-refractivity contribution in [3.8, 4) is 11.5 Å². The van der Waals surface area contributed by atoms with Crippen molar-refractivity contribution in [3.05, 3.63) is 50.9 Å². The van der Waals surface area contributed by atoms with E-state index in [4.69, 9.17) is 9.47 Å². The van der Waals surface area contributed by atoms with E-state index >= 15 is 0 Å². The van der Waals surface area contributed by atoms with E-state index in [1.807, 2.05) is 12.1 Å². The largest absolute Gasteiger partial charge is 0.454 e. The van der Waals surface area contributed by atoms with Gasteiger partial charge in [0.25, 0.3) is 0 Å². The zero-order chi connectivity index (χ0) is 17.2. The number of rotatable bonds is 5. The van der Waals surface area contributed by atoms with Crippen LogP contribution in [0.5, 0.6) is 11.5 Å². The molecule has 0 spiro atoms. The lowest BCUT2D eigenvalue weighted by atomic mass is 10.1. The summed E-state index contributed by atoms with van der Waals surface area (Å²) in [5, 5.41) is 11.0. The maximum atomic E-state index is 10.8. The van der Waals surface area contributed by atoms with Gasteiger partial charge in [0, 0.05) is 50.2 Å². The molecule has 0 unspecified atom stereocenters. The number of nitro groups is 1. The van der Waals surface area contributed by atoms with E-state index in [2.05, 4.69) is 21.9 Å². The molecule has 2 aromatic rings. The normalized spacial score (nSPS) is 17.8. The fourth-order valence-corrected chi connectivity index (χ4v) is 4.04. The second-order valence-electron chi connectivity index (χ2n) is 6.24. The van der Waals surface area contributed by atoms with Gasteiger partial charge in [-0.05, 0) is 23.8 Å². The van der Waals surface area contributed by atoms with Crippen LogP contribution in [0.1, 0.15) is 10.4 Å². The Morgan fingerprint density at radius 1 is 1.00 bits per heavy atom. The maximum absolute atomic E-state index is 10.8. The summed E-state index contributed by atoms with van der Waals surface area (Å²) >= 11 is 1.27. The summed E-state index contributed by atoms with van der Waals surface area (Å²) in [6.45, 7) is 5.90. The second-order valence-corrected chi connectivity index (χ2v) is 7.38. The molecule has 1 fully saturated rings. The molecule has 1 aromatic heterocycles. The van der Waals surface area contributed by atoms with Gasteiger partial charge in [0.1, 0.15) is 0 Å². The monoisotopic (exact) mass is 361 g/mol. The number of hydrogen-bond donors (Lipinski definition) is 0. The highest BCUT2D eigenvalue weighted by Gasteiger charge is 2.20. The van der Waals surface area contributed by atoms with Gasteiger partial charge in [-0.25, -0.2) is 0 Å². The van der Waals surface area contributed by atoms with Crippen molar-refractivity contribution in [3.63, 3.8) is 0 Å². The molecule has 7 nitrogen and oxygen atoms in total. The third-order valence-corrected chi connectivity index (χ3v) is 5.54. The lowest BCUT2D eigenvalue weighted by Crippen LogP contribution is -2.45. The quantitative estimate of drug-likeness (QED) is 0.602. The molecule has 0 radical (unpaired) electrons. The van der Waals surface area contributed by atoms with Crippen molar-refractivity contribution in [2.24, 2.45) is 0 Å². The molecule has 0 bridgehead atoms. The van der Waals surface area contributed by atoms with E-state index < -0.39 is 0 Å². The average Bonchev–Trinajstić information content (AvgIpc) is 3.25. The van der Waals surface area contributed by atoms with Crippen LogP contribution in [-0.4, -0.2) is 47.7 Å². The zero-order valence-corrected chi connectivity index (χ0v) is 14.5. The number of nitrogens with zero attached hydrogens (tertiary/aromatic N) is 3. The van der Waals surface area contributed by atoms with Gasteiger partial charge < -0.3 is 9.47 Å². The van der Waals surface area contributed by atoms with Crippen LogP contribution in [-0.2, 0) is 13.1 Å². The Balaban J connectivity index is 1.28. The van der Waals surface area contributed by atoms with Gasteiger partial charge in [-0.2, -0.15) is 0 Å². The molecule has 25 heavy (non-hydrogen) atoms. The number of benzene rings is 1. The molecular formula is C17H19N3O4S. The summed E-state index contributed by atoms with van der Waals surface area (Å²) < 4.78 is 10.8. The first-order valence-electron chi connectivity index (χ1n) is 8.24. The van der Waals surface area contributed by atoms with E-state index in [0.29, 0.717) is 6.79 Å². The first-order valence-corrected chi connectivity index (χ1v) is 9.05. The van der Waals surface area contributed by atoms with Gasteiger partial charge in [0.2, 0.25) is 6.79 Å². The first-order chi connectivity index (χ1) is 12.2. The molecule has 4 rings (SSSR count). The number of ether oxygens (including phenoxy) is 2. The molecule has 0 atom stereocenters. The van der Waals surface area contributed by atoms with Crippen LogP contribution in [0.15, 0.2) is 30.3 Å². The number of fused-ring (bicyclic) bond motifs is 1. The van der Waals surface area contributed by atoms with Crippen molar-refractivity contribution in [1.29, 1.82) is 0 Å². The Hall–Kier alpha value is -2.16. The first kappa shape index (κ1) is 16.3. The molecule has 1 saturated heterocycles. The summed E-state index contributed by atoms with van der Waals surface area (Å²) in [6, 6.07) is 9.57. The summed E-state index contributed by atoms with van der Waals surface area (Å²) in [5.74, 6) is 1.65. The number of hydrogen-bond acceptors (Lipinski definition) is 7. The molecule has 0 N–H and O–H groups in total. The molecule has 0 aliphatic carbocycles. The van der Waals surface area contributed by atoms with Crippen molar-refractivity contribution >= 4 is 16.3 Å². The highest BCUT2D eigenvalue weighted by atomic mass is 32.1. The third-order valence-electron chi connectivity index (χ3n) is 4.51. The Bertz CT molecular complexity index is 771. The van der Waals surface area contributed by atoms with Gasteiger partial charge in [-0.15, -0.1) is 0 Å². The standard InChI is InChI=1S/C17H19N3O4S/c21-20(22)17-4-2-14(25-17)11-19-7-5-18(6-8-19)10-13-1-3-15-16(9-13)24-12-23-15/h1-4,9H,5-8,10-12H2. The van der Waals surface area contributed by atoms with E-state index in [-0.39, 0.29) is 9.92 Å². The molecule has 1 aromatic carbocycles. The van der Waals surface area contributed by atoms with Crippen LogP contribution in [0.4, 0.5) is 5.00 Å². The van der Waals surface area contributed by atoms with E-state index in [1.54, 1.807) is 6.07 Å². The maximum Gasteiger partial charge on any atom is 0.324 e. The SMILES string of the molecule is O=[N+]([O-])c1ccc(CN2CCN(Cc3ccc4c(c3)OCO4)CC2)s1. The smallest absolute Gasteiger partial charge is 0.324 e. The van der Waals surface area contributed by atoms with Crippen LogP contribution >= 0.6 is 11.3 Å². The predicted octanol–water partition coefficient (Wildman–Crippen LogP) is 2.70. The fourth-order valence-electron chi connectivity index (χ4n) is 3.17. The van der Waals surface area contributed by atoms with Crippen LogP contribution in [0.25, 0.3) is 0 Å². The Kier molecular flexibility index (Phi) is 4.56. The molecule has 132 valence electrons. The highest BCUT2D eigenvalue weighted by Crippen LogP contribution is 2.33. The predicted molar refractivity (Wildman–Crippen MR) is 94.1 cm³/mol. The minimum Gasteiger partial charge on any atom is -0.454 e. The lowest BCUT2D eigenvalue weighted by Gasteiger charge is -2.34. The van der Waals surface area contributed by atoms with Crippen molar-refractivity contribution in [1.82, 2.24) is 9.80 Å². The molecule has 2 aliphatic rings. The highest BCUT2D eigenvalue weighted by molar-refractivity contribution is 7.15. The van der Waals surface area contributed by atoms with E-state index in [0.717, 1.165) is 55.6 Å². The summed E-state index contributed by atoms with van der Waals surface area (Å²) in [5.41, 5.74) is 1.23. The van der Waals surface area contributed by atoms with Gasteiger partial charge in [0.05, 0.1) is 4.92 Å². The van der Waals surface area contributed by atoms with Crippen molar-refractivity contribution in [2.45, 2.75) is 13.1 Å². The Morgan fingerprint density at radius 3 is 2.44 bits per heavy atom. The molecule has 8 heteroatoms. The zero-order valence-electron chi connectivity index (χ0n) is 13.7. The van der Waals surface area contributed by atoms with Crippen LogP contribution in [0.2, 0.25) is 0 Å². The number of thiophene rings is 1. The molecule has 3 heterocycles. The van der Waals surface area contributed by atoms with Gasteiger partial charge in [-0.3, -0.25) is 19.9 Å². The van der Waals surface area contributed by atoms with E-state index in [1.165, 1.54) is 16.9 Å². The van der Waals surface area contributed by atoms with Gasteiger partial charge in [-0.1, -0.05) is 17.4 Å². The molecule has 2 aliphatic heterocycles. The van der Waals surface area contributed by atoms with Crippen LogP contribution < -0.4 is 9.47 Å². The van der Waals surface area contributed by atoms with Gasteiger partial charge >= 0.3 is 5.00 Å². The third kappa shape index (κ3) is 3.76. The van der Waals surface area contributed by atoms with Crippen molar-refractivity contribution in [2.75, 3.05) is 33.0 Å². The Morgan fingerprint density at radius 2 is 1.72 bits per heavy atom. The second kappa shape index (κ2) is 6.99. The van der Waals surface area contributed by atoms with Crippen molar-refractivity contribution < 1.29 is 14.4 Å². The Labute approximate surface area is 149 Å². The average molecular weight is 361 g/mol. The van der Waals surface area contributed by atoms with Crippen LogP contribution in [0.3, 0.4) is 0 Å². The topological polar surface area (TPSA) is 68.1 Å². The van der Waals surface area contributed by atoms with Gasteiger partial charge in [0.15, 0.2) is 11.5 Å². The molecule has 0 saturated carbocycles. The molecule has 0 amide bonds. The number of piperazine rings is 1. The minimum absolute atomic E-state index is 0.219. The molecular weight excluding hydrogens is 342 g/mol. The van der Waals surface area contributed by atoms with E-state index in [9.17, 15) is 10.1 Å². The minimum atomic E-state index is -0.322. The van der Waals surface area contributed by atoms with Crippen LogP contribution in [0, 0.1) is 10.1 Å². The fraction of sp³-hybridized carbons (Fsp3) is 0.412. The summed E-state index contributed by atoms with van der Waals surface area (Å²) in [4.78, 5) is 16.3. The summed E-state index contributed by atoms with van der Waals surface area (Å²) in [7, 11) is 0.